The van der Waals surface area contributed by atoms with Gasteiger partial charge in [-0.1, -0.05) is 28.1 Å². The third-order valence-electron chi connectivity index (χ3n) is 2.89. The summed E-state index contributed by atoms with van der Waals surface area (Å²) in [5.41, 5.74) is 0.615. The lowest BCUT2D eigenvalue weighted by molar-refractivity contribution is -0.123. The second-order valence-corrected chi connectivity index (χ2v) is 5.48. The van der Waals surface area contributed by atoms with Crippen molar-refractivity contribution in [2.75, 3.05) is 5.32 Å². The summed E-state index contributed by atoms with van der Waals surface area (Å²) in [7, 11) is 0. The SMILES string of the molecule is C[C@@H](OC(=O)c1ccccc1O)C(=O)Nc1ccc(Br)cc1. The maximum absolute atomic E-state index is 12.0. The summed E-state index contributed by atoms with van der Waals surface area (Å²) in [6, 6.07) is 13.0. The van der Waals surface area contributed by atoms with Crippen molar-refractivity contribution in [2.24, 2.45) is 0 Å². The summed E-state index contributed by atoms with van der Waals surface area (Å²) in [6.07, 6.45) is -0.990. The second kappa shape index (κ2) is 7.09. The number of aromatic hydroxyl groups is 1. The molecule has 6 heteroatoms. The lowest BCUT2D eigenvalue weighted by Gasteiger charge is -2.14. The quantitative estimate of drug-likeness (QED) is 0.816. The average molecular weight is 364 g/mol. The van der Waals surface area contributed by atoms with Gasteiger partial charge in [-0.2, -0.15) is 0 Å². The summed E-state index contributed by atoms with van der Waals surface area (Å²) in [4.78, 5) is 23.9. The highest BCUT2D eigenvalue weighted by molar-refractivity contribution is 9.10. The molecule has 0 aliphatic carbocycles. The first-order valence-electron chi connectivity index (χ1n) is 6.53. The smallest absolute Gasteiger partial charge is 0.342 e. The monoisotopic (exact) mass is 363 g/mol. The van der Waals surface area contributed by atoms with E-state index >= 15 is 0 Å². The maximum Gasteiger partial charge on any atom is 0.342 e. The van der Waals surface area contributed by atoms with E-state index in [0.717, 1.165) is 4.47 Å². The van der Waals surface area contributed by atoms with Crippen molar-refractivity contribution in [1.82, 2.24) is 0 Å². The minimum absolute atomic E-state index is 0.0193. The molecule has 1 amide bonds. The van der Waals surface area contributed by atoms with E-state index in [0.29, 0.717) is 5.69 Å². The molecule has 114 valence electrons. The van der Waals surface area contributed by atoms with Crippen LogP contribution in [-0.4, -0.2) is 23.1 Å². The molecular weight excluding hydrogens is 350 g/mol. The molecule has 2 rings (SSSR count). The summed E-state index contributed by atoms with van der Waals surface area (Å²) >= 11 is 3.30. The topological polar surface area (TPSA) is 75.6 Å². The van der Waals surface area contributed by atoms with Crippen molar-refractivity contribution in [3.8, 4) is 5.75 Å². The van der Waals surface area contributed by atoms with E-state index in [9.17, 15) is 14.7 Å². The van der Waals surface area contributed by atoms with Crippen LogP contribution in [0.1, 0.15) is 17.3 Å². The van der Waals surface area contributed by atoms with E-state index < -0.39 is 18.0 Å². The van der Waals surface area contributed by atoms with Crippen molar-refractivity contribution in [3.05, 3.63) is 58.6 Å². The Morgan fingerprint density at radius 1 is 1.14 bits per heavy atom. The van der Waals surface area contributed by atoms with Crippen molar-refractivity contribution in [1.29, 1.82) is 0 Å². The van der Waals surface area contributed by atoms with Crippen molar-refractivity contribution in [2.45, 2.75) is 13.0 Å². The molecule has 0 saturated heterocycles. The van der Waals surface area contributed by atoms with Gasteiger partial charge in [0, 0.05) is 10.2 Å². The fraction of sp³-hybridized carbons (Fsp3) is 0.125. The molecule has 5 nitrogen and oxygen atoms in total. The number of hydrogen-bond donors (Lipinski definition) is 2. The molecule has 0 spiro atoms. The number of carbonyl (C=O) groups excluding carboxylic acids is 2. The van der Waals surface area contributed by atoms with Crippen LogP contribution in [0.3, 0.4) is 0 Å². The standard InChI is InChI=1S/C16H14BrNO4/c1-10(15(20)18-12-8-6-11(17)7-9-12)22-16(21)13-4-2-3-5-14(13)19/h2-10,19H,1H3,(H,18,20)/t10-/m1/s1. The molecule has 0 bridgehead atoms. The van der Waals surface area contributed by atoms with Gasteiger partial charge in [-0.3, -0.25) is 4.79 Å². The average Bonchev–Trinajstić information content (AvgIpc) is 2.49. The fourth-order valence-corrected chi connectivity index (χ4v) is 1.97. The highest BCUT2D eigenvalue weighted by atomic mass is 79.9. The number of halogens is 1. The zero-order chi connectivity index (χ0) is 16.1. The number of hydrogen-bond acceptors (Lipinski definition) is 4. The Hall–Kier alpha value is -2.34. The summed E-state index contributed by atoms with van der Waals surface area (Å²) in [6.45, 7) is 1.46. The number of phenols is 1. The zero-order valence-electron chi connectivity index (χ0n) is 11.7. The van der Waals surface area contributed by atoms with Crippen LogP contribution in [0.15, 0.2) is 53.0 Å². The highest BCUT2D eigenvalue weighted by Gasteiger charge is 2.20. The van der Waals surface area contributed by atoms with Gasteiger partial charge in [0.1, 0.15) is 11.3 Å². The summed E-state index contributed by atoms with van der Waals surface area (Å²) in [5, 5.41) is 12.2. The Bertz CT molecular complexity index is 685. The van der Waals surface area contributed by atoms with Gasteiger partial charge in [0.25, 0.3) is 5.91 Å². The first-order chi connectivity index (χ1) is 10.5. The Labute approximate surface area is 136 Å². The highest BCUT2D eigenvalue weighted by Crippen LogP contribution is 2.18. The van der Waals surface area contributed by atoms with Crippen molar-refractivity contribution >= 4 is 33.5 Å². The van der Waals surface area contributed by atoms with Crippen LogP contribution in [0.4, 0.5) is 5.69 Å². The van der Waals surface area contributed by atoms with Gasteiger partial charge in [-0.25, -0.2) is 4.79 Å². The fourth-order valence-electron chi connectivity index (χ4n) is 1.70. The molecule has 0 heterocycles. The minimum atomic E-state index is -0.990. The Morgan fingerprint density at radius 3 is 2.41 bits per heavy atom. The van der Waals surface area contributed by atoms with E-state index in [4.69, 9.17) is 4.74 Å². The van der Waals surface area contributed by atoms with Crippen LogP contribution in [-0.2, 0) is 9.53 Å². The van der Waals surface area contributed by atoms with E-state index in [1.54, 1.807) is 36.4 Å². The number of esters is 1. The second-order valence-electron chi connectivity index (χ2n) is 4.56. The number of ether oxygens (including phenoxy) is 1. The lowest BCUT2D eigenvalue weighted by Crippen LogP contribution is -2.30. The van der Waals surface area contributed by atoms with Gasteiger partial charge in [-0.05, 0) is 43.3 Å². The van der Waals surface area contributed by atoms with Crippen LogP contribution in [0.2, 0.25) is 0 Å². The van der Waals surface area contributed by atoms with Crippen LogP contribution in [0.25, 0.3) is 0 Å². The van der Waals surface area contributed by atoms with Crippen LogP contribution in [0.5, 0.6) is 5.75 Å². The minimum Gasteiger partial charge on any atom is -0.507 e. The number of benzene rings is 2. The van der Waals surface area contributed by atoms with Crippen molar-refractivity contribution < 1.29 is 19.4 Å². The molecule has 0 unspecified atom stereocenters. The Kier molecular flexibility index (Phi) is 5.16. The van der Waals surface area contributed by atoms with E-state index in [1.807, 2.05) is 0 Å². The third kappa shape index (κ3) is 4.08. The van der Waals surface area contributed by atoms with Crippen LogP contribution in [0, 0.1) is 0 Å². The van der Waals surface area contributed by atoms with Gasteiger partial charge in [0.15, 0.2) is 6.10 Å². The predicted molar refractivity (Wildman–Crippen MR) is 85.8 cm³/mol. The largest absolute Gasteiger partial charge is 0.507 e. The molecular formula is C16H14BrNO4. The van der Waals surface area contributed by atoms with E-state index in [-0.39, 0.29) is 11.3 Å². The van der Waals surface area contributed by atoms with E-state index in [1.165, 1.54) is 19.1 Å². The normalized spacial score (nSPS) is 11.5. The first-order valence-corrected chi connectivity index (χ1v) is 7.32. The molecule has 2 N–H and O–H groups in total. The molecule has 2 aromatic rings. The molecule has 0 aromatic heterocycles. The molecule has 0 aliphatic heterocycles. The number of anilines is 1. The number of amides is 1. The molecule has 2 aromatic carbocycles. The van der Waals surface area contributed by atoms with Gasteiger partial charge in [-0.15, -0.1) is 0 Å². The van der Waals surface area contributed by atoms with Gasteiger partial charge in [0.05, 0.1) is 0 Å². The van der Waals surface area contributed by atoms with Gasteiger partial charge in [0.2, 0.25) is 0 Å². The Balaban J connectivity index is 1.98. The third-order valence-corrected chi connectivity index (χ3v) is 3.42. The molecule has 0 radical (unpaired) electrons. The predicted octanol–water partition coefficient (Wildman–Crippen LogP) is 3.34. The molecule has 0 aliphatic rings. The Morgan fingerprint density at radius 2 is 1.77 bits per heavy atom. The number of rotatable bonds is 4. The summed E-state index contributed by atoms with van der Waals surface area (Å²) < 4.78 is 5.95. The number of nitrogens with one attached hydrogen (secondary N) is 1. The molecule has 22 heavy (non-hydrogen) atoms. The van der Waals surface area contributed by atoms with E-state index in [2.05, 4.69) is 21.2 Å². The maximum atomic E-state index is 12.0. The zero-order valence-corrected chi connectivity index (χ0v) is 13.3. The lowest BCUT2D eigenvalue weighted by atomic mass is 10.2. The van der Waals surface area contributed by atoms with Crippen LogP contribution < -0.4 is 5.32 Å². The van der Waals surface area contributed by atoms with Gasteiger partial charge < -0.3 is 15.2 Å². The molecule has 0 fully saturated rings. The number of carbonyl (C=O) groups is 2. The number of phenolic OH excluding ortho intramolecular Hbond substituents is 1. The number of para-hydroxylation sites is 1. The molecule has 0 saturated carbocycles. The first kappa shape index (κ1) is 16.0. The van der Waals surface area contributed by atoms with Crippen LogP contribution >= 0.6 is 15.9 Å². The summed E-state index contributed by atoms with van der Waals surface area (Å²) in [5.74, 6) is -1.39. The van der Waals surface area contributed by atoms with Gasteiger partial charge >= 0.3 is 5.97 Å². The molecule has 1 atom stereocenters. The van der Waals surface area contributed by atoms with Crippen molar-refractivity contribution in [3.63, 3.8) is 0 Å².